The van der Waals surface area contributed by atoms with Crippen LogP contribution in [0.3, 0.4) is 0 Å². The van der Waals surface area contributed by atoms with Gasteiger partial charge in [0.05, 0.1) is 12.8 Å². The Balaban J connectivity index is 3.16. The lowest BCUT2D eigenvalue weighted by molar-refractivity contribution is 0.0510. The number of esters is 1. The summed E-state index contributed by atoms with van der Waals surface area (Å²) in [6.45, 7) is 8.32. The van der Waals surface area contributed by atoms with E-state index in [0.717, 1.165) is 5.56 Å². The molecule has 4 nitrogen and oxygen atoms in total. The Bertz CT molecular complexity index is 361. The van der Waals surface area contributed by atoms with Crippen LogP contribution in [0.5, 0.6) is 0 Å². The Morgan fingerprint density at radius 1 is 1.53 bits per heavy atom. The van der Waals surface area contributed by atoms with Gasteiger partial charge in [0.1, 0.15) is 5.69 Å². The van der Waals surface area contributed by atoms with Crippen LogP contribution in [0.4, 0.5) is 0 Å². The molecule has 0 radical (unpaired) electrons. The summed E-state index contributed by atoms with van der Waals surface area (Å²) in [7, 11) is 1.75. The minimum atomic E-state index is -0.303. The molecule has 0 atom stereocenters. The lowest BCUT2D eigenvalue weighted by atomic mass is 9.87. The molecule has 0 spiro atoms. The zero-order valence-corrected chi connectivity index (χ0v) is 10.00. The van der Waals surface area contributed by atoms with Crippen LogP contribution in [0, 0.1) is 0 Å². The summed E-state index contributed by atoms with van der Waals surface area (Å²) in [6.07, 6.45) is 1.73. The number of ether oxygens (including phenoxy) is 1. The number of carbonyl (C=O) groups excluding carboxylic acids is 1. The Hall–Kier alpha value is -1.32. The predicted octanol–water partition coefficient (Wildman–Crippen LogP) is 1.89. The van der Waals surface area contributed by atoms with E-state index >= 15 is 0 Å². The van der Waals surface area contributed by atoms with Gasteiger partial charge in [-0.15, -0.1) is 0 Å². The molecule has 0 fully saturated rings. The molecule has 0 bridgehead atoms. The monoisotopic (exact) mass is 210 g/mol. The summed E-state index contributed by atoms with van der Waals surface area (Å²) < 4.78 is 6.57. The summed E-state index contributed by atoms with van der Waals surface area (Å²) >= 11 is 0. The highest BCUT2D eigenvalue weighted by molar-refractivity contribution is 5.89. The normalized spacial score (nSPS) is 11.5. The third-order valence-electron chi connectivity index (χ3n) is 2.22. The maximum absolute atomic E-state index is 11.7. The molecule has 0 N–H and O–H groups in total. The molecule has 0 amide bonds. The van der Waals surface area contributed by atoms with Gasteiger partial charge in [0, 0.05) is 12.6 Å². The SMILES string of the molecule is CCOC(=O)c1c(C(C)(C)C)cnn1C. The summed E-state index contributed by atoms with van der Waals surface area (Å²) in [4.78, 5) is 11.7. The van der Waals surface area contributed by atoms with Gasteiger partial charge in [0.25, 0.3) is 0 Å². The van der Waals surface area contributed by atoms with Gasteiger partial charge in [-0.05, 0) is 12.3 Å². The van der Waals surface area contributed by atoms with Gasteiger partial charge in [-0.1, -0.05) is 20.8 Å². The zero-order chi connectivity index (χ0) is 11.6. The van der Waals surface area contributed by atoms with Crippen molar-refractivity contribution in [1.29, 1.82) is 0 Å². The molecule has 0 aliphatic carbocycles. The van der Waals surface area contributed by atoms with Gasteiger partial charge < -0.3 is 4.74 Å². The smallest absolute Gasteiger partial charge is 0.356 e. The molecule has 4 heteroatoms. The molecule has 1 aromatic rings. The largest absolute Gasteiger partial charge is 0.461 e. The van der Waals surface area contributed by atoms with Gasteiger partial charge in [-0.2, -0.15) is 5.10 Å². The molecule has 15 heavy (non-hydrogen) atoms. The van der Waals surface area contributed by atoms with Crippen LogP contribution in [0.2, 0.25) is 0 Å². The van der Waals surface area contributed by atoms with Crippen molar-refractivity contribution < 1.29 is 9.53 Å². The topological polar surface area (TPSA) is 44.1 Å². The number of rotatable bonds is 2. The molecule has 1 aromatic heterocycles. The number of hydrogen-bond donors (Lipinski definition) is 0. The maximum Gasteiger partial charge on any atom is 0.356 e. The van der Waals surface area contributed by atoms with E-state index in [-0.39, 0.29) is 11.4 Å². The van der Waals surface area contributed by atoms with Crippen LogP contribution >= 0.6 is 0 Å². The number of aryl methyl sites for hydroxylation is 1. The fourth-order valence-electron chi connectivity index (χ4n) is 1.43. The molecule has 0 saturated heterocycles. The minimum Gasteiger partial charge on any atom is -0.461 e. The van der Waals surface area contributed by atoms with E-state index in [2.05, 4.69) is 5.10 Å². The van der Waals surface area contributed by atoms with Crippen LogP contribution in [-0.2, 0) is 17.2 Å². The van der Waals surface area contributed by atoms with E-state index in [1.54, 1.807) is 24.9 Å². The maximum atomic E-state index is 11.7. The van der Waals surface area contributed by atoms with Gasteiger partial charge >= 0.3 is 5.97 Å². The molecule has 0 unspecified atom stereocenters. The molecule has 1 heterocycles. The second-order valence-electron chi connectivity index (χ2n) is 4.50. The lowest BCUT2D eigenvalue weighted by Crippen LogP contribution is -2.19. The predicted molar refractivity (Wildman–Crippen MR) is 57.9 cm³/mol. The van der Waals surface area contributed by atoms with E-state index < -0.39 is 0 Å². The number of hydrogen-bond acceptors (Lipinski definition) is 3. The summed E-state index contributed by atoms with van der Waals surface area (Å²) in [6, 6.07) is 0. The van der Waals surface area contributed by atoms with Crippen LogP contribution in [0.1, 0.15) is 43.7 Å². The molecule has 0 aliphatic heterocycles. The average molecular weight is 210 g/mol. The van der Waals surface area contributed by atoms with Gasteiger partial charge in [0.15, 0.2) is 0 Å². The van der Waals surface area contributed by atoms with E-state index in [9.17, 15) is 4.79 Å². The van der Waals surface area contributed by atoms with Crippen molar-refractivity contribution in [3.63, 3.8) is 0 Å². The fourth-order valence-corrected chi connectivity index (χ4v) is 1.43. The first kappa shape index (κ1) is 11.8. The highest BCUT2D eigenvalue weighted by atomic mass is 16.5. The first-order valence-electron chi connectivity index (χ1n) is 5.07. The second-order valence-corrected chi connectivity index (χ2v) is 4.50. The van der Waals surface area contributed by atoms with Gasteiger partial charge in [-0.3, -0.25) is 4.68 Å². The average Bonchev–Trinajstić information content (AvgIpc) is 2.46. The summed E-state index contributed by atoms with van der Waals surface area (Å²) in [5.74, 6) is -0.303. The van der Waals surface area contributed by atoms with Crippen molar-refractivity contribution >= 4 is 5.97 Å². The number of carbonyl (C=O) groups is 1. The van der Waals surface area contributed by atoms with Crippen LogP contribution in [0.15, 0.2) is 6.20 Å². The molecular weight excluding hydrogens is 192 g/mol. The zero-order valence-electron chi connectivity index (χ0n) is 10.00. The molecule has 84 valence electrons. The van der Waals surface area contributed by atoms with Gasteiger partial charge in [-0.25, -0.2) is 4.79 Å². The fraction of sp³-hybridized carbons (Fsp3) is 0.636. The molecule has 0 aliphatic rings. The minimum absolute atomic E-state index is 0.101. The molecule has 0 saturated carbocycles. The first-order valence-corrected chi connectivity index (χ1v) is 5.07. The Labute approximate surface area is 90.2 Å². The van der Waals surface area contributed by atoms with Crippen molar-refractivity contribution in [2.75, 3.05) is 6.61 Å². The Kier molecular flexibility index (Phi) is 3.17. The van der Waals surface area contributed by atoms with Crippen LogP contribution < -0.4 is 0 Å². The molecule has 1 rings (SSSR count). The van der Waals surface area contributed by atoms with Crippen molar-refractivity contribution in [2.24, 2.45) is 7.05 Å². The Morgan fingerprint density at radius 2 is 2.13 bits per heavy atom. The third kappa shape index (κ3) is 2.37. The van der Waals surface area contributed by atoms with Crippen LogP contribution in [-0.4, -0.2) is 22.4 Å². The van der Waals surface area contributed by atoms with E-state index in [4.69, 9.17) is 4.74 Å². The van der Waals surface area contributed by atoms with Crippen molar-refractivity contribution in [3.05, 3.63) is 17.5 Å². The van der Waals surface area contributed by atoms with E-state index in [1.165, 1.54) is 0 Å². The van der Waals surface area contributed by atoms with Crippen molar-refractivity contribution in [1.82, 2.24) is 9.78 Å². The molecular formula is C11H18N2O2. The standard InChI is InChI=1S/C11H18N2O2/c1-6-15-10(14)9-8(11(2,3)4)7-12-13(9)5/h7H,6H2,1-5H3. The highest BCUT2D eigenvalue weighted by Gasteiger charge is 2.26. The quantitative estimate of drug-likeness (QED) is 0.700. The van der Waals surface area contributed by atoms with E-state index in [0.29, 0.717) is 12.3 Å². The summed E-state index contributed by atoms with van der Waals surface area (Å²) in [5.41, 5.74) is 1.36. The molecule has 0 aromatic carbocycles. The lowest BCUT2D eigenvalue weighted by Gasteiger charge is -2.18. The second kappa shape index (κ2) is 4.04. The Morgan fingerprint density at radius 3 is 2.60 bits per heavy atom. The van der Waals surface area contributed by atoms with Crippen molar-refractivity contribution in [2.45, 2.75) is 33.1 Å². The number of aromatic nitrogens is 2. The highest BCUT2D eigenvalue weighted by Crippen LogP contribution is 2.25. The number of nitrogens with zero attached hydrogens (tertiary/aromatic N) is 2. The van der Waals surface area contributed by atoms with E-state index in [1.807, 2.05) is 20.8 Å². The first-order chi connectivity index (χ1) is 6.88. The summed E-state index contributed by atoms with van der Waals surface area (Å²) in [5, 5.41) is 4.10. The van der Waals surface area contributed by atoms with Gasteiger partial charge in [0.2, 0.25) is 0 Å². The van der Waals surface area contributed by atoms with Crippen LogP contribution in [0.25, 0.3) is 0 Å². The van der Waals surface area contributed by atoms with Crippen molar-refractivity contribution in [3.8, 4) is 0 Å². The third-order valence-corrected chi connectivity index (χ3v) is 2.22.